The van der Waals surface area contributed by atoms with Crippen molar-refractivity contribution in [3.05, 3.63) is 18.2 Å². The summed E-state index contributed by atoms with van der Waals surface area (Å²) in [5.41, 5.74) is 0.734. The Hall–Kier alpha value is -1.75. The number of quaternary nitrogens is 1. The van der Waals surface area contributed by atoms with Crippen LogP contribution in [0.5, 0.6) is 11.5 Å². The summed E-state index contributed by atoms with van der Waals surface area (Å²) in [6.07, 6.45) is 2.42. The van der Waals surface area contributed by atoms with E-state index in [1.165, 1.54) is 17.7 Å². The third-order valence-corrected chi connectivity index (χ3v) is 3.90. The van der Waals surface area contributed by atoms with Gasteiger partial charge in [-0.15, -0.1) is 0 Å². The van der Waals surface area contributed by atoms with Crippen molar-refractivity contribution in [1.82, 2.24) is 0 Å². The highest BCUT2D eigenvalue weighted by molar-refractivity contribution is 5.93. The van der Waals surface area contributed by atoms with Crippen LogP contribution in [-0.4, -0.2) is 39.3 Å². The molecule has 20 heavy (non-hydrogen) atoms. The molecule has 0 radical (unpaired) electrons. The zero-order chi connectivity index (χ0) is 14.5. The molecular formula is C15H23N2O3+. The van der Waals surface area contributed by atoms with Crippen molar-refractivity contribution >= 4 is 11.6 Å². The van der Waals surface area contributed by atoms with E-state index < -0.39 is 0 Å². The Bertz CT molecular complexity index is 470. The van der Waals surface area contributed by atoms with Crippen molar-refractivity contribution in [1.29, 1.82) is 0 Å². The second kappa shape index (κ2) is 6.61. The Balaban J connectivity index is 2.03. The number of rotatable bonds is 5. The van der Waals surface area contributed by atoms with Crippen molar-refractivity contribution in [3.8, 4) is 11.5 Å². The number of ether oxygens (including phenoxy) is 2. The number of hydrogen-bond donors (Lipinski definition) is 2. The smallest absolute Gasteiger partial charge is 0.282 e. The third-order valence-electron chi connectivity index (χ3n) is 3.90. The molecule has 1 heterocycles. The minimum absolute atomic E-state index is 0.0226. The van der Waals surface area contributed by atoms with Gasteiger partial charge in [0.1, 0.15) is 0 Å². The van der Waals surface area contributed by atoms with Gasteiger partial charge in [0.2, 0.25) is 0 Å². The summed E-state index contributed by atoms with van der Waals surface area (Å²) < 4.78 is 10.4. The molecule has 0 unspecified atom stereocenters. The maximum Gasteiger partial charge on any atom is 0.282 e. The fourth-order valence-corrected chi connectivity index (χ4v) is 2.61. The van der Waals surface area contributed by atoms with Crippen LogP contribution < -0.4 is 19.7 Å². The maximum absolute atomic E-state index is 12.2. The number of methoxy groups -OCH3 is 2. The highest BCUT2D eigenvalue weighted by Crippen LogP contribution is 2.29. The van der Waals surface area contributed by atoms with Crippen LogP contribution in [0.15, 0.2) is 18.2 Å². The first kappa shape index (κ1) is 14.7. The van der Waals surface area contributed by atoms with Crippen molar-refractivity contribution in [2.45, 2.75) is 25.8 Å². The van der Waals surface area contributed by atoms with Gasteiger partial charge in [-0.1, -0.05) is 0 Å². The van der Waals surface area contributed by atoms with Crippen LogP contribution in [0.4, 0.5) is 5.69 Å². The molecule has 0 aliphatic carbocycles. The number of nitrogens with one attached hydrogen (secondary N) is 2. The van der Waals surface area contributed by atoms with Crippen LogP contribution in [0.25, 0.3) is 0 Å². The van der Waals surface area contributed by atoms with Gasteiger partial charge in [0.05, 0.1) is 27.3 Å². The molecule has 2 N–H and O–H groups in total. The minimum Gasteiger partial charge on any atom is -0.493 e. The molecule has 0 bridgehead atoms. The Morgan fingerprint density at radius 3 is 2.45 bits per heavy atom. The molecule has 110 valence electrons. The number of carbonyl (C=O) groups is 1. The van der Waals surface area contributed by atoms with Crippen LogP contribution in [0.3, 0.4) is 0 Å². The lowest BCUT2D eigenvalue weighted by Gasteiger charge is -2.20. The van der Waals surface area contributed by atoms with E-state index >= 15 is 0 Å². The molecule has 1 aromatic carbocycles. The minimum atomic E-state index is -0.0226. The zero-order valence-electron chi connectivity index (χ0n) is 12.4. The normalized spacial score (nSPS) is 16.8. The fraction of sp³-hybridized carbons (Fsp3) is 0.533. The van der Waals surface area contributed by atoms with E-state index in [0.29, 0.717) is 11.5 Å². The summed E-state index contributed by atoms with van der Waals surface area (Å²) in [5, 5.41) is 2.95. The van der Waals surface area contributed by atoms with Crippen LogP contribution in [0.1, 0.15) is 19.8 Å². The van der Waals surface area contributed by atoms with Gasteiger partial charge in [-0.25, -0.2) is 0 Å². The molecule has 5 nitrogen and oxygen atoms in total. The molecule has 1 aliphatic heterocycles. The Kier molecular flexibility index (Phi) is 4.84. The topological polar surface area (TPSA) is 52.0 Å². The molecule has 1 amide bonds. The number of benzene rings is 1. The van der Waals surface area contributed by atoms with E-state index in [1.807, 2.05) is 13.0 Å². The van der Waals surface area contributed by atoms with Gasteiger partial charge < -0.3 is 19.7 Å². The molecule has 0 saturated carbocycles. The molecular weight excluding hydrogens is 256 g/mol. The van der Waals surface area contributed by atoms with Gasteiger partial charge in [-0.05, 0) is 19.1 Å². The van der Waals surface area contributed by atoms with Crippen LogP contribution in [-0.2, 0) is 4.79 Å². The third kappa shape index (κ3) is 3.22. The van der Waals surface area contributed by atoms with Crippen LogP contribution in [0, 0.1) is 0 Å². The number of carbonyl (C=O) groups excluding carboxylic acids is 1. The van der Waals surface area contributed by atoms with Crippen LogP contribution in [0.2, 0.25) is 0 Å². The molecule has 1 atom stereocenters. The van der Waals surface area contributed by atoms with Crippen molar-refractivity contribution in [2.24, 2.45) is 0 Å². The average molecular weight is 279 g/mol. The van der Waals surface area contributed by atoms with E-state index in [9.17, 15) is 4.79 Å². The first-order valence-electron chi connectivity index (χ1n) is 7.03. The average Bonchev–Trinajstić information content (AvgIpc) is 3.00. The van der Waals surface area contributed by atoms with Gasteiger partial charge >= 0.3 is 0 Å². The van der Waals surface area contributed by atoms with E-state index in [4.69, 9.17) is 9.47 Å². The lowest BCUT2D eigenvalue weighted by molar-refractivity contribution is -0.901. The van der Waals surface area contributed by atoms with Gasteiger partial charge in [-0.2, -0.15) is 0 Å². The van der Waals surface area contributed by atoms with Crippen LogP contribution >= 0.6 is 0 Å². The van der Waals surface area contributed by atoms with E-state index in [1.54, 1.807) is 26.4 Å². The standard InChI is InChI=1S/C15H22N2O3/c1-11(17-8-4-5-9-17)15(18)16-12-6-7-13(19-2)14(10-12)20-3/h6-7,10-11H,4-5,8-9H2,1-3H3,(H,16,18)/p+1/t11-/m1/s1. The molecule has 0 aromatic heterocycles. The summed E-state index contributed by atoms with van der Waals surface area (Å²) in [6.45, 7) is 4.15. The predicted molar refractivity (Wildman–Crippen MR) is 77.6 cm³/mol. The quantitative estimate of drug-likeness (QED) is 0.834. The van der Waals surface area contributed by atoms with E-state index in [2.05, 4.69) is 5.32 Å². The monoisotopic (exact) mass is 279 g/mol. The molecule has 0 spiro atoms. The van der Waals surface area contributed by atoms with Gasteiger partial charge in [-0.3, -0.25) is 4.79 Å². The van der Waals surface area contributed by atoms with Crippen molar-refractivity contribution in [3.63, 3.8) is 0 Å². The Morgan fingerprint density at radius 1 is 1.20 bits per heavy atom. The number of anilines is 1. The predicted octanol–water partition coefficient (Wildman–Crippen LogP) is 0.709. The Labute approximate surface area is 119 Å². The SMILES string of the molecule is COc1ccc(NC(=O)[C@@H](C)[NH+]2CCCC2)cc1OC. The van der Waals surface area contributed by atoms with Gasteiger partial charge in [0.25, 0.3) is 5.91 Å². The number of likely N-dealkylation sites (tertiary alicyclic amines) is 1. The zero-order valence-corrected chi connectivity index (χ0v) is 12.4. The molecule has 1 saturated heterocycles. The summed E-state index contributed by atoms with van der Waals surface area (Å²) in [5.74, 6) is 1.32. The molecule has 2 rings (SSSR count). The number of amides is 1. The molecule has 1 aliphatic rings. The lowest BCUT2D eigenvalue weighted by atomic mass is 10.2. The van der Waals surface area contributed by atoms with Gasteiger partial charge in [0, 0.05) is 24.6 Å². The summed E-state index contributed by atoms with van der Waals surface area (Å²) in [7, 11) is 3.18. The first-order valence-corrected chi connectivity index (χ1v) is 7.03. The maximum atomic E-state index is 12.2. The van der Waals surface area contributed by atoms with E-state index in [0.717, 1.165) is 18.8 Å². The second-order valence-corrected chi connectivity index (χ2v) is 5.15. The van der Waals surface area contributed by atoms with E-state index in [-0.39, 0.29) is 11.9 Å². The molecule has 1 aromatic rings. The fourth-order valence-electron chi connectivity index (χ4n) is 2.61. The molecule has 5 heteroatoms. The highest BCUT2D eigenvalue weighted by Gasteiger charge is 2.27. The largest absolute Gasteiger partial charge is 0.493 e. The summed E-state index contributed by atoms with van der Waals surface area (Å²) in [4.78, 5) is 13.6. The summed E-state index contributed by atoms with van der Waals surface area (Å²) in [6, 6.07) is 5.38. The first-order chi connectivity index (χ1) is 9.65. The summed E-state index contributed by atoms with van der Waals surface area (Å²) >= 11 is 0. The lowest BCUT2D eigenvalue weighted by Crippen LogP contribution is -3.14. The molecule has 1 fully saturated rings. The van der Waals surface area contributed by atoms with Crippen molar-refractivity contribution < 1.29 is 19.2 Å². The van der Waals surface area contributed by atoms with Gasteiger partial charge in [0.15, 0.2) is 17.5 Å². The number of hydrogen-bond acceptors (Lipinski definition) is 3. The Morgan fingerprint density at radius 2 is 1.85 bits per heavy atom. The second-order valence-electron chi connectivity index (χ2n) is 5.15. The highest BCUT2D eigenvalue weighted by atomic mass is 16.5. The van der Waals surface area contributed by atoms with Crippen molar-refractivity contribution in [2.75, 3.05) is 32.6 Å².